The van der Waals surface area contributed by atoms with Gasteiger partial charge in [0.05, 0.1) is 6.04 Å². The monoisotopic (exact) mass is 271 g/mol. The maximum absolute atomic E-state index is 13.6. The highest BCUT2D eigenvalue weighted by molar-refractivity contribution is 5.49. The third-order valence-corrected chi connectivity index (χ3v) is 4.16. The van der Waals surface area contributed by atoms with Gasteiger partial charge in [0.15, 0.2) is 0 Å². The summed E-state index contributed by atoms with van der Waals surface area (Å²) in [6.07, 6.45) is 0. The van der Waals surface area contributed by atoms with Gasteiger partial charge in [-0.1, -0.05) is 12.1 Å². The SMILES string of the molecule is Cc1cc(F)cc(C(N)c2c(C)c(C)cc(C)c2C)c1. The molecule has 0 heterocycles. The van der Waals surface area contributed by atoms with Crippen molar-refractivity contribution in [3.8, 4) is 0 Å². The number of hydrogen-bond donors (Lipinski definition) is 1. The molecular formula is C18H22FN. The molecule has 2 N–H and O–H groups in total. The van der Waals surface area contributed by atoms with Crippen LogP contribution in [0, 0.1) is 40.4 Å². The van der Waals surface area contributed by atoms with Crippen LogP contribution in [0.2, 0.25) is 0 Å². The van der Waals surface area contributed by atoms with E-state index in [1.165, 1.54) is 34.4 Å². The van der Waals surface area contributed by atoms with Gasteiger partial charge in [0.25, 0.3) is 0 Å². The van der Waals surface area contributed by atoms with E-state index in [4.69, 9.17) is 5.73 Å². The molecular weight excluding hydrogens is 249 g/mol. The van der Waals surface area contributed by atoms with Crippen molar-refractivity contribution < 1.29 is 4.39 Å². The van der Waals surface area contributed by atoms with E-state index in [9.17, 15) is 4.39 Å². The van der Waals surface area contributed by atoms with Crippen LogP contribution in [-0.4, -0.2) is 0 Å². The molecule has 106 valence electrons. The molecule has 0 fully saturated rings. The Morgan fingerprint density at radius 2 is 1.40 bits per heavy atom. The van der Waals surface area contributed by atoms with Gasteiger partial charge in [0.2, 0.25) is 0 Å². The number of hydrogen-bond acceptors (Lipinski definition) is 1. The normalized spacial score (nSPS) is 12.6. The van der Waals surface area contributed by atoms with Gasteiger partial charge in [-0.25, -0.2) is 4.39 Å². The molecule has 0 saturated carbocycles. The molecule has 20 heavy (non-hydrogen) atoms. The second-order valence-corrected chi connectivity index (χ2v) is 5.71. The van der Waals surface area contributed by atoms with Crippen molar-refractivity contribution in [1.82, 2.24) is 0 Å². The van der Waals surface area contributed by atoms with E-state index in [1.807, 2.05) is 13.0 Å². The molecule has 0 aliphatic rings. The summed E-state index contributed by atoms with van der Waals surface area (Å²) in [7, 11) is 0. The Kier molecular flexibility index (Phi) is 3.96. The van der Waals surface area contributed by atoms with Gasteiger partial charge < -0.3 is 5.73 Å². The van der Waals surface area contributed by atoms with Crippen molar-refractivity contribution in [3.05, 3.63) is 69.0 Å². The third-order valence-electron chi connectivity index (χ3n) is 4.16. The van der Waals surface area contributed by atoms with E-state index in [0.717, 1.165) is 16.7 Å². The van der Waals surface area contributed by atoms with E-state index < -0.39 is 0 Å². The van der Waals surface area contributed by atoms with Crippen LogP contribution < -0.4 is 5.73 Å². The maximum Gasteiger partial charge on any atom is 0.123 e. The lowest BCUT2D eigenvalue weighted by atomic mass is 9.87. The van der Waals surface area contributed by atoms with Gasteiger partial charge >= 0.3 is 0 Å². The van der Waals surface area contributed by atoms with Crippen LogP contribution in [0.4, 0.5) is 4.39 Å². The highest BCUT2D eigenvalue weighted by atomic mass is 19.1. The van der Waals surface area contributed by atoms with Crippen LogP contribution >= 0.6 is 0 Å². The van der Waals surface area contributed by atoms with Crippen molar-refractivity contribution in [3.63, 3.8) is 0 Å². The minimum absolute atomic E-state index is 0.227. The maximum atomic E-state index is 13.6. The lowest BCUT2D eigenvalue weighted by molar-refractivity contribution is 0.622. The van der Waals surface area contributed by atoms with Crippen LogP contribution in [0.3, 0.4) is 0 Å². The van der Waals surface area contributed by atoms with Gasteiger partial charge in [0, 0.05) is 0 Å². The molecule has 2 aromatic rings. The van der Waals surface area contributed by atoms with Crippen molar-refractivity contribution >= 4 is 0 Å². The first-order valence-electron chi connectivity index (χ1n) is 6.91. The number of benzene rings is 2. The van der Waals surface area contributed by atoms with E-state index in [-0.39, 0.29) is 11.9 Å². The van der Waals surface area contributed by atoms with E-state index in [2.05, 4.69) is 33.8 Å². The second kappa shape index (κ2) is 5.37. The van der Waals surface area contributed by atoms with Gasteiger partial charge in [-0.15, -0.1) is 0 Å². The summed E-state index contributed by atoms with van der Waals surface area (Å²) in [5, 5.41) is 0. The van der Waals surface area contributed by atoms with Gasteiger partial charge in [-0.05, 0) is 85.7 Å². The fourth-order valence-corrected chi connectivity index (χ4v) is 2.82. The zero-order chi connectivity index (χ0) is 15.0. The van der Waals surface area contributed by atoms with Crippen molar-refractivity contribution in [2.75, 3.05) is 0 Å². The van der Waals surface area contributed by atoms with E-state index in [0.29, 0.717) is 0 Å². The van der Waals surface area contributed by atoms with Gasteiger partial charge in [-0.2, -0.15) is 0 Å². The average molecular weight is 271 g/mol. The molecule has 0 spiro atoms. The van der Waals surface area contributed by atoms with Crippen LogP contribution in [0.15, 0.2) is 24.3 Å². The first kappa shape index (κ1) is 14.7. The lowest BCUT2D eigenvalue weighted by Gasteiger charge is -2.22. The molecule has 0 aliphatic heterocycles. The summed E-state index contributed by atoms with van der Waals surface area (Å²) in [4.78, 5) is 0. The molecule has 0 saturated heterocycles. The van der Waals surface area contributed by atoms with Crippen molar-refractivity contribution in [2.45, 2.75) is 40.7 Å². The van der Waals surface area contributed by atoms with Crippen LogP contribution in [0.25, 0.3) is 0 Å². The quantitative estimate of drug-likeness (QED) is 0.860. The molecule has 0 amide bonds. The molecule has 0 aromatic heterocycles. The first-order chi connectivity index (χ1) is 9.31. The predicted molar refractivity (Wildman–Crippen MR) is 82.6 cm³/mol. The zero-order valence-electron chi connectivity index (χ0n) is 12.8. The molecule has 0 bridgehead atoms. The summed E-state index contributed by atoms with van der Waals surface area (Å²) in [5.41, 5.74) is 14.1. The summed E-state index contributed by atoms with van der Waals surface area (Å²) < 4.78 is 13.6. The Bertz CT molecular complexity index is 612. The smallest absolute Gasteiger partial charge is 0.123 e. The Morgan fingerprint density at radius 3 is 1.90 bits per heavy atom. The number of rotatable bonds is 2. The van der Waals surface area contributed by atoms with Crippen LogP contribution in [-0.2, 0) is 0 Å². The fraction of sp³-hybridized carbons (Fsp3) is 0.333. The van der Waals surface area contributed by atoms with Gasteiger partial charge in [-0.3, -0.25) is 0 Å². The summed E-state index contributed by atoms with van der Waals surface area (Å²) in [6.45, 7) is 10.2. The van der Waals surface area contributed by atoms with E-state index in [1.54, 1.807) is 0 Å². The zero-order valence-corrected chi connectivity index (χ0v) is 12.8. The average Bonchev–Trinajstić information content (AvgIpc) is 2.35. The molecule has 2 heteroatoms. The molecule has 1 nitrogen and oxygen atoms in total. The highest BCUT2D eigenvalue weighted by Crippen LogP contribution is 2.30. The molecule has 1 atom stereocenters. The Hall–Kier alpha value is -1.67. The third kappa shape index (κ3) is 2.61. The Morgan fingerprint density at radius 1 is 0.850 bits per heavy atom. The summed E-state index contributed by atoms with van der Waals surface area (Å²) >= 11 is 0. The highest BCUT2D eigenvalue weighted by Gasteiger charge is 2.17. The van der Waals surface area contributed by atoms with Crippen LogP contribution in [0.5, 0.6) is 0 Å². The molecule has 2 aromatic carbocycles. The first-order valence-corrected chi connectivity index (χ1v) is 6.91. The Balaban J connectivity index is 2.61. The van der Waals surface area contributed by atoms with E-state index >= 15 is 0 Å². The number of halogens is 1. The Labute approximate surface area is 120 Å². The van der Waals surface area contributed by atoms with Gasteiger partial charge in [0.1, 0.15) is 5.82 Å². The lowest BCUT2D eigenvalue weighted by Crippen LogP contribution is -2.16. The topological polar surface area (TPSA) is 26.0 Å². The number of nitrogens with two attached hydrogens (primary N) is 1. The number of aryl methyl sites for hydroxylation is 3. The minimum Gasteiger partial charge on any atom is -0.320 e. The van der Waals surface area contributed by atoms with Crippen molar-refractivity contribution in [1.29, 1.82) is 0 Å². The minimum atomic E-state index is -0.289. The second-order valence-electron chi connectivity index (χ2n) is 5.71. The fourth-order valence-electron chi connectivity index (χ4n) is 2.82. The van der Waals surface area contributed by atoms with Crippen molar-refractivity contribution in [2.24, 2.45) is 5.73 Å². The standard InChI is InChI=1S/C18H22FN/c1-10-6-15(9-16(19)7-10)18(20)17-13(4)11(2)8-12(3)14(17)5/h6-9,18H,20H2,1-5H3. The molecule has 0 aliphatic carbocycles. The molecule has 1 unspecified atom stereocenters. The van der Waals surface area contributed by atoms with Crippen LogP contribution in [0.1, 0.15) is 45.0 Å². The largest absolute Gasteiger partial charge is 0.320 e. The summed E-state index contributed by atoms with van der Waals surface area (Å²) in [6, 6.07) is 6.91. The molecule has 0 radical (unpaired) electrons. The molecule has 2 rings (SSSR count). The summed E-state index contributed by atoms with van der Waals surface area (Å²) in [5.74, 6) is -0.227. The predicted octanol–water partition coefficient (Wildman–Crippen LogP) is 4.42.